The highest BCUT2D eigenvalue weighted by Gasteiger charge is 2.22. The van der Waals surface area contributed by atoms with Crippen molar-refractivity contribution in [1.82, 2.24) is 0 Å². The lowest BCUT2D eigenvalue weighted by Crippen LogP contribution is -2.27. The van der Waals surface area contributed by atoms with E-state index in [1.165, 1.54) is 0 Å². The van der Waals surface area contributed by atoms with Gasteiger partial charge in [-0.25, -0.2) is 4.79 Å². The number of carbonyl (C=O) groups is 2. The number of rotatable bonds is 4. The molecule has 0 saturated carbocycles. The van der Waals surface area contributed by atoms with Crippen molar-refractivity contribution in [2.75, 3.05) is 11.9 Å². The maximum Gasteiger partial charge on any atom is 0.331 e. The molecule has 15 heavy (non-hydrogen) atoms. The number of allylic oxidation sites excluding steroid dienone is 1. The zero-order valence-corrected chi connectivity index (χ0v) is 9.99. The van der Waals surface area contributed by atoms with Crippen molar-refractivity contribution >= 4 is 33.4 Å². The van der Waals surface area contributed by atoms with Gasteiger partial charge in [0.25, 0.3) is 0 Å². The zero-order chi connectivity index (χ0) is 11.3. The number of aliphatic imine (C=N–C) groups is 1. The van der Waals surface area contributed by atoms with Crippen molar-refractivity contribution in [3.05, 3.63) is 12.2 Å². The quantitative estimate of drug-likeness (QED) is 0.573. The summed E-state index contributed by atoms with van der Waals surface area (Å²) in [5.41, 5.74) is 0.330. The van der Waals surface area contributed by atoms with E-state index in [2.05, 4.69) is 20.9 Å². The molecule has 0 bridgehead atoms. The number of nitrogens with zero attached hydrogens (tertiary/aromatic N) is 1. The molecule has 0 aromatic rings. The maximum absolute atomic E-state index is 11.4. The lowest BCUT2D eigenvalue weighted by molar-refractivity contribution is -0.144. The predicted octanol–water partition coefficient (Wildman–Crippen LogP) is 1.28. The minimum atomic E-state index is -0.562. The van der Waals surface area contributed by atoms with Gasteiger partial charge in [-0.3, -0.25) is 9.79 Å². The molecule has 0 aliphatic carbocycles. The number of esters is 1. The van der Waals surface area contributed by atoms with Gasteiger partial charge in [-0.05, 0) is 19.4 Å². The molecule has 0 amide bonds. The summed E-state index contributed by atoms with van der Waals surface area (Å²) in [5.74, 6) is -0.498. The van der Waals surface area contributed by atoms with Crippen LogP contribution in [0.3, 0.4) is 0 Å². The van der Waals surface area contributed by atoms with E-state index in [4.69, 9.17) is 4.74 Å². The van der Waals surface area contributed by atoms with Gasteiger partial charge in [0.05, 0.1) is 11.9 Å². The zero-order valence-electron chi connectivity index (χ0n) is 8.40. The average molecular weight is 274 g/mol. The second-order valence-electron chi connectivity index (χ2n) is 2.98. The topological polar surface area (TPSA) is 55.7 Å². The summed E-state index contributed by atoms with van der Waals surface area (Å²) in [5, 5.41) is 0.214. The molecule has 1 unspecified atom stereocenters. The molecule has 0 aromatic carbocycles. The van der Waals surface area contributed by atoms with Crippen LogP contribution in [0.2, 0.25) is 0 Å². The van der Waals surface area contributed by atoms with E-state index in [1.54, 1.807) is 19.1 Å². The second-order valence-corrected chi connectivity index (χ2v) is 3.54. The highest BCUT2D eigenvalue weighted by atomic mass is 79.9. The first-order chi connectivity index (χ1) is 7.19. The first kappa shape index (κ1) is 12.1. The van der Waals surface area contributed by atoms with Crippen LogP contribution in [0.25, 0.3) is 0 Å². The van der Waals surface area contributed by atoms with Crippen LogP contribution >= 0.6 is 15.9 Å². The Kier molecular flexibility index (Phi) is 4.68. The van der Waals surface area contributed by atoms with Crippen molar-refractivity contribution in [3.8, 4) is 0 Å². The van der Waals surface area contributed by atoms with E-state index in [0.29, 0.717) is 18.7 Å². The molecule has 1 heterocycles. The summed E-state index contributed by atoms with van der Waals surface area (Å²) in [4.78, 5) is 26.7. The Balaban J connectivity index is 2.71. The van der Waals surface area contributed by atoms with E-state index in [1.807, 2.05) is 0 Å². The Morgan fingerprint density at radius 2 is 2.40 bits per heavy atom. The molecule has 82 valence electrons. The predicted molar refractivity (Wildman–Crippen MR) is 60.4 cm³/mol. The molecule has 0 radical (unpaired) electrons. The third-order valence-electron chi connectivity index (χ3n) is 1.90. The number of dihydropyridines is 1. The molecule has 1 aliphatic rings. The molecule has 0 spiro atoms. The summed E-state index contributed by atoms with van der Waals surface area (Å²) in [6.07, 6.45) is 3.90. The van der Waals surface area contributed by atoms with Crippen molar-refractivity contribution in [2.45, 2.75) is 19.4 Å². The molecule has 0 saturated heterocycles. The van der Waals surface area contributed by atoms with Crippen LogP contribution in [0, 0.1) is 0 Å². The Labute approximate surface area is 96.5 Å². The minimum absolute atomic E-state index is 0.125. The average Bonchev–Trinajstić information content (AvgIpc) is 2.28. The molecule has 0 fully saturated rings. The Bertz CT molecular complexity index is 323. The first-order valence-corrected chi connectivity index (χ1v) is 5.81. The van der Waals surface area contributed by atoms with Crippen LogP contribution in [-0.2, 0) is 14.3 Å². The summed E-state index contributed by atoms with van der Waals surface area (Å²) in [6, 6.07) is -0.562. The fraction of sp³-hybridized carbons (Fsp3) is 0.500. The molecular weight excluding hydrogens is 262 g/mol. The molecule has 1 rings (SSSR count). The first-order valence-electron chi connectivity index (χ1n) is 4.69. The number of ketones is 1. The summed E-state index contributed by atoms with van der Waals surface area (Å²) in [7, 11) is 0. The molecule has 0 aromatic heterocycles. The van der Waals surface area contributed by atoms with Crippen LogP contribution in [-0.4, -0.2) is 35.4 Å². The number of hydrogen-bond acceptors (Lipinski definition) is 4. The normalized spacial score (nSPS) is 19.6. The highest BCUT2D eigenvalue weighted by Crippen LogP contribution is 2.10. The van der Waals surface area contributed by atoms with Gasteiger partial charge in [-0.1, -0.05) is 22.0 Å². The van der Waals surface area contributed by atoms with E-state index in [-0.39, 0.29) is 17.1 Å². The summed E-state index contributed by atoms with van der Waals surface area (Å²) in [6.45, 7) is 2.07. The number of halogens is 1. The van der Waals surface area contributed by atoms with Gasteiger partial charge < -0.3 is 4.74 Å². The SMILES string of the molecule is CCOC(=O)C1CC=CC(C(=O)CBr)=N1. The van der Waals surface area contributed by atoms with Gasteiger partial charge in [0, 0.05) is 0 Å². The Hall–Kier alpha value is -0.970. The fourth-order valence-electron chi connectivity index (χ4n) is 1.19. The molecule has 1 aliphatic heterocycles. The van der Waals surface area contributed by atoms with Gasteiger partial charge in [0.15, 0.2) is 11.8 Å². The fourth-order valence-corrected chi connectivity index (χ4v) is 1.48. The monoisotopic (exact) mass is 273 g/mol. The number of ether oxygens (including phenoxy) is 1. The van der Waals surface area contributed by atoms with Crippen molar-refractivity contribution < 1.29 is 14.3 Å². The molecule has 0 N–H and O–H groups in total. The third-order valence-corrected chi connectivity index (χ3v) is 2.41. The van der Waals surface area contributed by atoms with Gasteiger partial charge in [-0.15, -0.1) is 0 Å². The lowest BCUT2D eigenvalue weighted by atomic mass is 10.1. The molecule has 4 nitrogen and oxygen atoms in total. The number of carbonyl (C=O) groups excluding carboxylic acids is 2. The molecule has 1 atom stereocenters. The van der Waals surface area contributed by atoms with Crippen LogP contribution < -0.4 is 0 Å². The molecule has 5 heteroatoms. The van der Waals surface area contributed by atoms with E-state index in [9.17, 15) is 9.59 Å². The van der Waals surface area contributed by atoms with Crippen molar-refractivity contribution in [2.24, 2.45) is 4.99 Å². The van der Waals surface area contributed by atoms with Gasteiger partial charge in [0.1, 0.15) is 5.71 Å². The second kappa shape index (κ2) is 5.80. The molecular formula is C10H12BrNO3. The highest BCUT2D eigenvalue weighted by molar-refractivity contribution is 9.09. The number of Topliss-reactive ketones (excluding diaryl/α,β-unsaturated/α-hetero) is 1. The van der Waals surface area contributed by atoms with Crippen LogP contribution in [0.1, 0.15) is 13.3 Å². The van der Waals surface area contributed by atoms with E-state index in [0.717, 1.165) is 0 Å². The van der Waals surface area contributed by atoms with Crippen LogP contribution in [0.15, 0.2) is 17.1 Å². The Morgan fingerprint density at radius 1 is 1.67 bits per heavy atom. The van der Waals surface area contributed by atoms with Crippen molar-refractivity contribution in [3.63, 3.8) is 0 Å². The van der Waals surface area contributed by atoms with E-state index >= 15 is 0 Å². The minimum Gasteiger partial charge on any atom is -0.464 e. The summed E-state index contributed by atoms with van der Waals surface area (Å²) >= 11 is 3.06. The lowest BCUT2D eigenvalue weighted by Gasteiger charge is -2.13. The largest absolute Gasteiger partial charge is 0.464 e. The van der Waals surface area contributed by atoms with Gasteiger partial charge >= 0.3 is 5.97 Å². The van der Waals surface area contributed by atoms with Gasteiger partial charge in [0.2, 0.25) is 0 Å². The van der Waals surface area contributed by atoms with Crippen LogP contribution in [0.5, 0.6) is 0 Å². The number of hydrogen-bond donors (Lipinski definition) is 0. The van der Waals surface area contributed by atoms with Gasteiger partial charge in [-0.2, -0.15) is 0 Å². The standard InChI is InChI=1S/C10H12BrNO3/c1-2-15-10(14)8-5-3-4-7(12-8)9(13)6-11/h3-4,8H,2,5-6H2,1H3. The third kappa shape index (κ3) is 3.27. The van der Waals surface area contributed by atoms with Crippen molar-refractivity contribution in [1.29, 1.82) is 0 Å². The smallest absolute Gasteiger partial charge is 0.331 e. The Morgan fingerprint density at radius 3 is 3.00 bits per heavy atom. The van der Waals surface area contributed by atoms with E-state index < -0.39 is 6.04 Å². The summed E-state index contributed by atoms with van der Waals surface area (Å²) < 4.78 is 4.84. The number of alkyl halides is 1. The maximum atomic E-state index is 11.4. The van der Waals surface area contributed by atoms with Crippen LogP contribution in [0.4, 0.5) is 0 Å².